The maximum absolute atomic E-state index is 13.9. The van der Waals surface area contributed by atoms with Gasteiger partial charge in [0.1, 0.15) is 17.4 Å². The number of aliphatic hydroxyl groups is 1. The molecule has 0 aliphatic heterocycles. The summed E-state index contributed by atoms with van der Waals surface area (Å²) in [4.78, 5) is 42.0. The molecule has 55 heavy (non-hydrogen) atoms. The monoisotopic (exact) mass is 797 g/mol. The van der Waals surface area contributed by atoms with Gasteiger partial charge in [-0.25, -0.2) is 4.79 Å². The maximum atomic E-state index is 13.9. The topological polar surface area (TPSA) is 120 Å². The number of rotatable bonds is 26. The fraction of sp³-hybridized carbons (Fsp3) is 0.844. The van der Waals surface area contributed by atoms with Gasteiger partial charge in [-0.15, -0.1) is 0 Å². The van der Waals surface area contributed by atoms with Crippen LogP contribution in [0.4, 0.5) is 4.79 Å². The number of amides is 2. The van der Waals surface area contributed by atoms with Gasteiger partial charge in [-0.3, -0.25) is 14.5 Å². The van der Waals surface area contributed by atoms with Crippen LogP contribution in [0.15, 0.2) is 24.4 Å². The molecule has 3 unspecified atom stereocenters. The summed E-state index contributed by atoms with van der Waals surface area (Å²) in [5, 5.41) is 21.1. The molecule has 0 aromatic rings. The Morgan fingerprint density at radius 2 is 1.47 bits per heavy atom. The lowest BCUT2D eigenvalue weighted by Crippen LogP contribution is -2.54. The first-order valence-corrected chi connectivity index (χ1v) is 22.4. The number of hydrogen-bond acceptors (Lipinski definition) is 8. The van der Waals surface area contributed by atoms with Crippen LogP contribution in [-0.2, 0) is 14.3 Å². The quantitative estimate of drug-likeness (QED) is 0.0639. The first-order valence-electron chi connectivity index (χ1n) is 21.0. The number of carbonyl (C=O) groups excluding carboxylic acids is 3. The molecule has 324 valence electrons. The molecule has 0 bridgehead atoms. The van der Waals surface area contributed by atoms with Crippen molar-refractivity contribution in [2.24, 2.45) is 29.1 Å². The van der Waals surface area contributed by atoms with Gasteiger partial charge < -0.3 is 25.8 Å². The molecular weight excluding hydrogens is 709 g/mol. The second kappa shape index (κ2) is 27.6. The summed E-state index contributed by atoms with van der Waals surface area (Å²) < 4.78 is 5.51. The Labute approximate surface area is 343 Å². The molecule has 9 nitrogen and oxygen atoms in total. The van der Waals surface area contributed by atoms with Crippen LogP contribution in [0.3, 0.4) is 0 Å². The molecular formula is C45H88N4O5S. The molecule has 0 aliphatic carbocycles. The van der Waals surface area contributed by atoms with E-state index in [1.54, 1.807) is 18.7 Å². The molecule has 0 heterocycles. The van der Waals surface area contributed by atoms with E-state index in [0.29, 0.717) is 37.4 Å². The summed E-state index contributed by atoms with van der Waals surface area (Å²) in [6.07, 6.45) is 7.33. The molecule has 7 atom stereocenters. The molecule has 0 rings (SSSR count). The van der Waals surface area contributed by atoms with Crippen LogP contribution < -0.4 is 16.0 Å². The van der Waals surface area contributed by atoms with E-state index < -0.39 is 41.3 Å². The third-order valence-corrected chi connectivity index (χ3v) is 11.0. The summed E-state index contributed by atoms with van der Waals surface area (Å²) in [5.74, 6) is 2.01. The Morgan fingerprint density at radius 1 is 0.891 bits per heavy atom. The number of alkyl carbamates (subject to hydrolysis) is 1. The highest BCUT2D eigenvalue weighted by atomic mass is 32.2. The van der Waals surface area contributed by atoms with E-state index in [-0.39, 0.29) is 36.0 Å². The molecule has 0 aliphatic rings. The van der Waals surface area contributed by atoms with Gasteiger partial charge in [-0.2, -0.15) is 11.8 Å². The van der Waals surface area contributed by atoms with Crippen molar-refractivity contribution in [3.05, 3.63) is 24.4 Å². The summed E-state index contributed by atoms with van der Waals surface area (Å²) >= 11 is 1.63. The highest BCUT2D eigenvalue weighted by Gasteiger charge is 2.37. The van der Waals surface area contributed by atoms with Crippen molar-refractivity contribution in [1.29, 1.82) is 0 Å². The van der Waals surface area contributed by atoms with Gasteiger partial charge in [0.25, 0.3) is 0 Å². The van der Waals surface area contributed by atoms with Gasteiger partial charge in [-0.1, -0.05) is 114 Å². The molecule has 10 heteroatoms. The van der Waals surface area contributed by atoms with Crippen LogP contribution in [0.2, 0.25) is 0 Å². The SMILES string of the molecule is C=C(NC(CCSC)C(=O)N[C@@H](CC(C)C)C(O)C[C@](C)(CCN(C)[C@H](C(=C)C)C(C)C)C(C)=O)[C@@H](NC(=O)OC(C)(C)C)C(C)CC.CCCCC(C)C. The molecule has 0 aromatic heterocycles. The van der Waals surface area contributed by atoms with Crippen molar-refractivity contribution >= 4 is 29.5 Å². The van der Waals surface area contributed by atoms with Crippen molar-refractivity contribution in [3.8, 4) is 0 Å². The van der Waals surface area contributed by atoms with Crippen LogP contribution in [0.5, 0.6) is 0 Å². The van der Waals surface area contributed by atoms with Gasteiger partial charge in [0.15, 0.2) is 0 Å². The molecule has 2 amide bonds. The average Bonchev–Trinajstić information content (AvgIpc) is 3.05. The van der Waals surface area contributed by atoms with Crippen molar-refractivity contribution in [2.75, 3.05) is 25.6 Å². The third kappa shape index (κ3) is 23.7. The van der Waals surface area contributed by atoms with E-state index in [1.165, 1.54) is 19.3 Å². The van der Waals surface area contributed by atoms with E-state index >= 15 is 0 Å². The Balaban J connectivity index is 0. The fourth-order valence-electron chi connectivity index (χ4n) is 6.82. The van der Waals surface area contributed by atoms with Gasteiger partial charge in [-0.05, 0) is 110 Å². The number of hydrogen-bond donors (Lipinski definition) is 4. The predicted molar refractivity (Wildman–Crippen MR) is 238 cm³/mol. The zero-order valence-corrected chi connectivity index (χ0v) is 39.4. The van der Waals surface area contributed by atoms with Gasteiger partial charge >= 0.3 is 6.09 Å². The van der Waals surface area contributed by atoms with Crippen LogP contribution in [0.25, 0.3) is 0 Å². The molecule has 0 spiro atoms. The van der Waals surface area contributed by atoms with Crippen molar-refractivity contribution < 1.29 is 24.2 Å². The molecule has 0 radical (unpaired) electrons. The summed E-state index contributed by atoms with van der Waals surface area (Å²) in [5.41, 5.74) is 0.188. The highest BCUT2D eigenvalue weighted by Crippen LogP contribution is 2.32. The highest BCUT2D eigenvalue weighted by molar-refractivity contribution is 7.98. The van der Waals surface area contributed by atoms with E-state index in [4.69, 9.17) is 4.74 Å². The Kier molecular flexibility index (Phi) is 27.6. The van der Waals surface area contributed by atoms with E-state index in [0.717, 1.165) is 23.7 Å². The standard InChI is InChI=1S/C38H72N4O5S.C7H16/c1-17-27(8)33(41-36(46)47-37(11,12)13)28(9)39-30(18-21-48-16)35(45)40-31(22-24(2)3)32(44)23-38(14,29(10)43)19-20-42(15)34(25(4)5)26(6)7;1-4-5-6-7(2)3/h24,26-27,30-34,39,44H,4,9,17-23H2,1-3,5-8,10-16H3,(H,40,45)(H,41,46);7H,4-6H2,1-3H3/t27?,30?,31-,32?,33-,34+,38-;/m0./s1. The van der Waals surface area contributed by atoms with E-state index in [9.17, 15) is 19.5 Å². The second-order valence-electron chi connectivity index (χ2n) is 18.4. The number of thioether (sulfide) groups is 1. The van der Waals surface area contributed by atoms with Gasteiger partial charge in [0, 0.05) is 17.2 Å². The van der Waals surface area contributed by atoms with Gasteiger partial charge in [0.05, 0.1) is 18.2 Å². The molecule has 0 fully saturated rings. The smallest absolute Gasteiger partial charge is 0.408 e. The molecule has 0 saturated heterocycles. The number of carbonyl (C=O) groups is 3. The third-order valence-electron chi connectivity index (χ3n) is 10.3. The number of nitrogens with one attached hydrogen (secondary N) is 3. The summed E-state index contributed by atoms with van der Waals surface area (Å²) in [6, 6.07) is -1.45. The zero-order chi connectivity index (χ0) is 43.3. The first-order chi connectivity index (χ1) is 25.3. The number of Topliss-reactive ketones (excluding diaryl/α,β-unsaturated/α-hetero) is 1. The lowest BCUT2D eigenvalue weighted by atomic mass is 9.75. The minimum absolute atomic E-state index is 0.0189. The van der Waals surface area contributed by atoms with Crippen LogP contribution in [0.1, 0.15) is 155 Å². The number of aliphatic hydroxyl groups excluding tert-OH is 1. The number of ether oxygens (including phenoxy) is 1. The number of nitrogens with zero attached hydrogens (tertiary/aromatic N) is 1. The van der Waals surface area contributed by atoms with Gasteiger partial charge in [0.2, 0.25) is 5.91 Å². The van der Waals surface area contributed by atoms with E-state index in [1.807, 2.05) is 54.7 Å². The lowest BCUT2D eigenvalue weighted by Gasteiger charge is -2.37. The number of likely N-dealkylation sites (N-methyl/N-ethyl adjacent to an activating group) is 1. The van der Waals surface area contributed by atoms with Crippen LogP contribution >= 0.6 is 11.8 Å². The Bertz CT molecular complexity index is 1140. The minimum Gasteiger partial charge on any atom is -0.444 e. The largest absolute Gasteiger partial charge is 0.444 e. The number of ketones is 1. The maximum Gasteiger partial charge on any atom is 0.408 e. The fourth-order valence-corrected chi connectivity index (χ4v) is 7.29. The minimum atomic E-state index is -0.927. The Morgan fingerprint density at radius 3 is 1.87 bits per heavy atom. The zero-order valence-electron chi connectivity index (χ0n) is 38.6. The van der Waals surface area contributed by atoms with E-state index in [2.05, 4.69) is 89.5 Å². The first kappa shape index (κ1) is 55.1. The molecule has 4 N–H and O–H groups in total. The second-order valence-corrected chi connectivity index (χ2v) is 19.4. The average molecular weight is 797 g/mol. The van der Waals surface area contributed by atoms with Crippen molar-refractivity contribution in [1.82, 2.24) is 20.9 Å². The van der Waals surface area contributed by atoms with Crippen molar-refractivity contribution in [2.45, 2.75) is 191 Å². The summed E-state index contributed by atoms with van der Waals surface area (Å²) in [6.45, 7) is 39.4. The van der Waals surface area contributed by atoms with Crippen molar-refractivity contribution in [3.63, 3.8) is 0 Å². The normalized spacial score (nSPS) is 16.3. The van der Waals surface area contributed by atoms with Crippen LogP contribution in [-0.4, -0.2) is 89.3 Å². The number of unbranched alkanes of at least 4 members (excludes halogenated alkanes) is 1. The summed E-state index contributed by atoms with van der Waals surface area (Å²) in [7, 11) is 2.06. The Hall–Kier alpha value is -2.04. The lowest BCUT2D eigenvalue weighted by molar-refractivity contribution is -0.129. The van der Waals surface area contributed by atoms with Crippen LogP contribution in [0, 0.1) is 29.1 Å². The predicted octanol–water partition coefficient (Wildman–Crippen LogP) is 9.78. The molecule has 0 aromatic carbocycles. The molecule has 0 saturated carbocycles.